The first-order valence-corrected chi connectivity index (χ1v) is 7.51. The van der Waals surface area contributed by atoms with Crippen LogP contribution in [0.3, 0.4) is 0 Å². The van der Waals surface area contributed by atoms with E-state index in [1.807, 2.05) is 0 Å². The van der Waals surface area contributed by atoms with Crippen molar-refractivity contribution in [2.45, 2.75) is 12.6 Å². The van der Waals surface area contributed by atoms with E-state index in [0.717, 1.165) is 17.7 Å². The van der Waals surface area contributed by atoms with Gasteiger partial charge in [-0.15, -0.1) is 0 Å². The van der Waals surface area contributed by atoms with E-state index in [2.05, 4.69) is 0 Å². The first-order chi connectivity index (χ1) is 11.9. The molecule has 0 amide bonds. The first kappa shape index (κ1) is 18.7. The summed E-state index contributed by atoms with van der Waals surface area (Å²) in [5, 5.41) is 0. The molecule has 6 heteroatoms. The van der Waals surface area contributed by atoms with Gasteiger partial charge >= 0.3 is 6.18 Å². The van der Waals surface area contributed by atoms with Crippen LogP contribution in [-0.2, 0) is 12.6 Å². The van der Waals surface area contributed by atoms with Gasteiger partial charge < -0.3 is 14.2 Å². The smallest absolute Gasteiger partial charge is 0.416 e. The average molecular weight is 352 g/mol. The van der Waals surface area contributed by atoms with E-state index < -0.39 is 11.7 Å². The highest BCUT2D eigenvalue weighted by atomic mass is 19.4. The van der Waals surface area contributed by atoms with Crippen LogP contribution < -0.4 is 14.2 Å². The standard InChI is InChI=1S/C19H19F3O3/c1-23-16-11-14(12-17(24-2)18(16)25-3)8-4-6-13-7-5-9-15(10-13)19(20,21)22/h4-7,9-12H,8H2,1-3H3/b6-4+. The Morgan fingerprint density at radius 2 is 1.56 bits per heavy atom. The predicted octanol–water partition coefficient (Wildman–Crippen LogP) is 4.99. The number of benzene rings is 2. The van der Waals surface area contributed by atoms with Gasteiger partial charge in [0.25, 0.3) is 0 Å². The molecule has 0 aliphatic rings. The highest BCUT2D eigenvalue weighted by molar-refractivity contribution is 5.55. The van der Waals surface area contributed by atoms with E-state index in [1.54, 1.807) is 30.4 Å². The van der Waals surface area contributed by atoms with Gasteiger partial charge in [-0.2, -0.15) is 13.2 Å². The Hall–Kier alpha value is -2.63. The molecule has 0 radical (unpaired) electrons. The topological polar surface area (TPSA) is 27.7 Å². The van der Waals surface area contributed by atoms with Crippen molar-refractivity contribution >= 4 is 6.08 Å². The molecule has 2 aromatic carbocycles. The molecule has 0 aliphatic carbocycles. The lowest BCUT2D eigenvalue weighted by Crippen LogP contribution is -2.04. The minimum Gasteiger partial charge on any atom is -0.493 e. The van der Waals surface area contributed by atoms with E-state index in [0.29, 0.717) is 29.2 Å². The molecule has 0 fully saturated rings. The fourth-order valence-corrected chi connectivity index (χ4v) is 2.40. The second-order valence-corrected chi connectivity index (χ2v) is 5.26. The van der Waals surface area contributed by atoms with Crippen LogP contribution in [0, 0.1) is 0 Å². The molecule has 0 spiro atoms. The number of methoxy groups -OCH3 is 3. The number of ether oxygens (including phenoxy) is 3. The normalized spacial score (nSPS) is 11.6. The molecule has 0 bridgehead atoms. The summed E-state index contributed by atoms with van der Waals surface area (Å²) in [5.74, 6) is 1.56. The SMILES string of the molecule is COc1cc(C/C=C/c2cccc(C(F)(F)F)c2)cc(OC)c1OC. The lowest BCUT2D eigenvalue weighted by atomic mass is 10.1. The Kier molecular flexibility index (Phi) is 5.96. The van der Waals surface area contributed by atoms with Gasteiger partial charge in [-0.05, 0) is 41.8 Å². The molecule has 0 aliphatic heterocycles. The molecule has 0 unspecified atom stereocenters. The van der Waals surface area contributed by atoms with Crippen molar-refractivity contribution in [1.82, 2.24) is 0 Å². The number of rotatable bonds is 6. The molecule has 0 saturated carbocycles. The van der Waals surface area contributed by atoms with Gasteiger partial charge in [-0.1, -0.05) is 24.3 Å². The van der Waals surface area contributed by atoms with Crippen molar-refractivity contribution in [3.8, 4) is 17.2 Å². The number of allylic oxidation sites excluding steroid dienone is 1. The summed E-state index contributed by atoms with van der Waals surface area (Å²) < 4.78 is 54.0. The Morgan fingerprint density at radius 3 is 2.08 bits per heavy atom. The van der Waals surface area contributed by atoms with Crippen molar-refractivity contribution in [3.63, 3.8) is 0 Å². The fourth-order valence-electron chi connectivity index (χ4n) is 2.40. The van der Waals surface area contributed by atoms with E-state index >= 15 is 0 Å². The summed E-state index contributed by atoms with van der Waals surface area (Å²) in [5.41, 5.74) is 0.711. The summed E-state index contributed by atoms with van der Waals surface area (Å²) in [6.45, 7) is 0. The maximum absolute atomic E-state index is 12.7. The third-order valence-corrected chi connectivity index (χ3v) is 3.60. The lowest BCUT2D eigenvalue weighted by molar-refractivity contribution is -0.137. The number of hydrogen-bond acceptors (Lipinski definition) is 3. The zero-order chi connectivity index (χ0) is 18.4. The van der Waals surface area contributed by atoms with Crippen LogP contribution in [0.15, 0.2) is 42.5 Å². The van der Waals surface area contributed by atoms with Gasteiger partial charge in [0.2, 0.25) is 5.75 Å². The van der Waals surface area contributed by atoms with Crippen LogP contribution in [0.25, 0.3) is 6.08 Å². The molecule has 25 heavy (non-hydrogen) atoms. The van der Waals surface area contributed by atoms with Crippen molar-refractivity contribution in [1.29, 1.82) is 0 Å². The van der Waals surface area contributed by atoms with E-state index in [1.165, 1.54) is 27.4 Å². The van der Waals surface area contributed by atoms with E-state index in [-0.39, 0.29) is 0 Å². The minimum absolute atomic E-state index is 0.488. The highest BCUT2D eigenvalue weighted by Crippen LogP contribution is 2.38. The zero-order valence-electron chi connectivity index (χ0n) is 14.2. The van der Waals surface area contributed by atoms with Gasteiger partial charge in [0.1, 0.15) is 0 Å². The minimum atomic E-state index is -4.35. The zero-order valence-corrected chi connectivity index (χ0v) is 14.2. The van der Waals surface area contributed by atoms with Crippen LogP contribution in [0.5, 0.6) is 17.2 Å². The Balaban J connectivity index is 2.20. The summed E-state index contributed by atoms with van der Waals surface area (Å²) in [7, 11) is 4.58. The fraction of sp³-hybridized carbons (Fsp3) is 0.263. The molecule has 0 heterocycles. The second kappa shape index (κ2) is 7.96. The Bertz CT molecular complexity index is 727. The quantitative estimate of drug-likeness (QED) is 0.733. The van der Waals surface area contributed by atoms with E-state index in [9.17, 15) is 13.2 Å². The number of alkyl halides is 3. The van der Waals surface area contributed by atoms with Crippen LogP contribution in [0.4, 0.5) is 13.2 Å². The summed E-state index contributed by atoms with van der Waals surface area (Å²) in [6.07, 6.45) is -0.401. The Morgan fingerprint density at radius 1 is 0.920 bits per heavy atom. The molecular formula is C19H19F3O3. The molecule has 2 aromatic rings. The molecule has 134 valence electrons. The number of hydrogen-bond donors (Lipinski definition) is 0. The maximum Gasteiger partial charge on any atom is 0.416 e. The van der Waals surface area contributed by atoms with Crippen LogP contribution in [-0.4, -0.2) is 21.3 Å². The molecule has 2 rings (SSSR count). The average Bonchev–Trinajstić information content (AvgIpc) is 2.60. The monoisotopic (exact) mass is 352 g/mol. The second-order valence-electron chi connectivity index (χ2n) is 5.26. The molecule has 0 N–H and O–H groups in total. The van der Waals surface area contributed by atoms with Crippen molar-refractivity contribution in [2.24, 2.45) is 0 Å². The molecule has 0 atom stereocenters. The summed E-state index contributed by atoms with van der Waals surface area (Å²) in [6, 6.07) is 8.79. The molecular weight excluding hydrogens is 333 g/mol. The van der Waals surface area contributed by atoms with Gasteiger partial charge in [0.05, 0.1) is 26.9 Å². The Labute approximate surface area is 144 Å². The van der Waals surface area contributed by atoms with Crippen molar-refractivity contribution in [3.05, 3.63) is 59.2 Å². The van der Waals surface area contributed by atoms with Gasteiger partial charge in [-0.25, -0.2) is 0 Å². The molecule has 0 saturated heterocycles. The maximum atomic E-state index is 12.7. The van der Waals surface area contributed by atoms with Gasteiger partial charge in [-0.3, -0.25) is 0 Å². The van der Waals surface area contributed by atoms with Crippen LogP contribution in [0.1, 0.15) is 16.7 Å². The van der Waals surface area contributed by atoms with E-state index in [4.69, 9.17) is 14.2 Å². The van der Waals surface area contributed by atoms with Crippen LogP contribution >= 0.6 is 0 Å². The van der Waals surface area contributed by atoms with Crippen LogP contribution in [0.2, 0.25) is 0 Å². The predicted molar refractivity (Wildman–Crippen MR) is 90.3 cm³/mol. The third kappa shape index (κ3) is 4.68. The largest absolute Gasteiger partial charge is 0.493 e. The van der Waals surface area contributed by atoms with Gasteiger partial charge in [0, 0.05) is 0 Å². The highest BCUT2D eigenvalue weighted by Gasteiger charge is 2.30. The van der Waals surface area contributed by atoms with Gasteiger partial charge in [0.15, 0.2) is 11.5 Å². The summed E-state index contributed by atoms with van der Waals surface area (Å²) >= 11 is 0. The molecule has 0 aromatic heterocycles. The van der Waals surface area contributed by atoms with Crippen molar-refractivity contribution in [2.75, 3.05) is 21.3 Å². The third-order valence-electron chi connectivity index (χ3n) is 3.60. The summed E-state index contributed by atoms with van der Waals surface area (Å²) in [4.78, 5) is 0. The number of halogens is 3. The lowest BCUT2D eigenvalue weighted by Gasteiger charge is -2.13. The van der Waals surface area contributed by atoms with Crippen molar-refractivity contribution < 1.29 is 27.4 Å². The molecule has 3 nitrogen and oxygen atoms in total. The first-order valence-electron chi connectivity index (χ1n) is 7.51.